The molecule has 0 saturated heterocycles. The van der Waals surface area contributed by atoms with Crippen molar-refractivity contribution in [3.8, 4) is 6.07 Å². The van der Waals surface area contributed by atoms with Crippen molar-refractivity contribution in [1.82, 2.24) is 0 Å². The molecule has 0 spiro atoms. The van der Waals surface area contributed by atoms with E-state index in [9.17, 15) is 4.39 Å². The standard InChI is InChI=1S/C8H4ClFIN/c9-6(4-12)5-2-1-3-7(11)8(5)10/h1-3,6H. The largest absolute Gasteiger partial charge is 0.205 e. The van der Waals surface area contributed by atoms with E-state index in [0.717, 1.165) is 0 Å². The van der Waals surface area contributed by atoms with E-state index in [1.165, 1.54) is 6.07 Å². The number of halogens is 3. The van der Waals surface area contributed by atoms with Crippen molar-refractivity contribution >= 4 is 34.2 Å². The second-order valence-corrected chi connectivity index (χ2v) is 3.73. The maximum atomic E-state index is 13.2. The number of alkyl halides is 1. The molecule has 62 valence electrons. The van der Waals surface area contributed by atoms with E-state index in [1.807, 2.05) is 22.6 Å². The predicted octanol–water partition coefficient (Wildman–Crippen LogP) is 3.23. The first kappa shape index (κ1) is 9.75. The topological polar surface area (TPSA) is 23.8 Å². The smallest absolute Gasteiger partial charge is 0.148 e. The van der Waals surface area contributed by atoms with Gasteiger partial charge in [0.1, 0.15) is 11.2 Å². The Morgan fingerprint density at radius 2 is 2.25 bits per heavy atom. The quantitative estimate of drug-likeness (QED) is 0.576. The Labute approximate surface area is 88.3 Å². The molecule has 0 bridgehead atoms. The fraction of sp³-hybridized carbons (Fsp3) is 0.125. The van der Waals surface area contributed by atoms with Crippen LogP contribution in [0.3, 0.4) is 0 Å². The summed E-state index contributed by atoms with van der Waals surface area (Å²) in [6.07, 6.45) is 0. The van der Waals surface area contributed by atoms with Crippen molar-refractivity contribution in [1.29, 1.82) is 5.26 Å². The van der Waals surface area contributed by atoms with Crippen LogP contribution >= 0.6 is 34.2 Å². The lowest BCUT2D eigenvalue weighted by Crippen LogP contribution is -1.94. The van der Waals surface area contributed by atoms with Crippen LogP contribution in [-0.2, 0) is 0 Å². The maximum Gasteiger partial charge on any atom is 0.148 e. The summed E-state index contributed by atoms with van der Waals surface area (Å²) in [5, 5.41) is 7.55. The van der Waals surface area contributed by atoms with E-state index >= 15 is 0 Å². The van der Waals surface area contributed by atoms with Gasteiger partial charge >= 0.3 is 0 Å². The maximum absolute atomic E-state index is 13.2. The molecule has 0 aromatic heterocycles. The van der Waals surface area contributed by atoms with Crippen LogP contribution in [0.2, 0.25) is 0 Å². The molecule has 12 heavy (non-hydrogen) atoms. The molecule has 0 aliphatic rings. The number of nitrogens with zero attached hydrogens (tertiary/aromatic N) is 1. The molecule has 0 heterocycles. The lowest BCUT2D eigenvalue weighted by atomic mass is 10.1. The third-order valence-corrected chi connectivity index (χ3v) is 2.53. The Morgan fingerprint density at radius 1 is 1.58 bits per heavy atom. The highest BCUT2D eigenvalue weighted by molar-refractivity contribution is 14.1. The number of benzene rings is 1. The monoisotopic (exact) mass is 295 g/mol. The highest BCUT2D eigenvalue weighted by atomic mass is 127. The summed E-state index contributed by atoms with van der Waals surface area (Å²) in [6, 6.07) is 6.58. The van der Waals surface area contributed by atoms with Gasteiger partial charge in [-0.3, -0.25) is 0 Å². The van der Waals surface area contributed by atoms with Gasteiger partial charge in [0.05, 0.1) is 6.07 Å². The van der Waals surface area contributed by atoms with Gasteiger partial charge in [0.15, 0.2) is 0 Å². The van der Waals surface area contributed by atoms with Gasteiger partial charge in [-0.2, -0.15) is 5.26 Å². The minimum Gasteiger partial charge on any atom is -0.205 e. The van der Waals surface area contributed by atoms with Crippen LogP contribution in [0, 0.1) is 20.7 Å². The zero-order valence-electron chi connectivity index (χ0n) is 5.89. The first-order valence-corrected chi connectivity index (χ1v) is 4.66. The minimum absolute atomic E-state index is 0.242. The third kappa shape index (κ3) is 1.87. The molecule has 0 aliphatic carbocycles. The van der Waals surface area contributed by atoms with Crippen molar-refractivity contribution < 1.29 is 4.39 Å². The van der Waals surface area contributed by atoms with Crippen LogP contribution in [0.15, 0.2) is 18.2 Å². The Bertz CT molecular complexity index is 334. The zero-order valence-corrected chi connectivity index (χ0v) is 8.80. The Hall–Kier alpha value is -0.340. The van der Waals surface area contributed by atoms with E-state index < -0.39 is 11.2 Å². The summed E-state index contributed by atoms with van der Waals surface area (Å²) in [7, 11) is 0. The fourth-order valence-corrected chi connectivity index (χ4v) is 1.47. The molecule has 1 rings (SSSR count). The van der Waals surface area contributed by atoms with Crippen molar-refractivity contribution in [2.45, 2.75) is 5.38 Å². The van der Waals surface area contributed by atoms with E-state index in [1.54, 1.807) is 18.2 Å². The van der Waals surface area contributed by atoms with Crippen molar-refractivity contribution in [3.63, 3.8) is 0 Å². The summed E-state index contributed by atoms with van der Waals surface area (Å²) < 4.78 is 13.7. The van der Waals surface area contributed by atoms with Crippen molar-refractivity contribution in [3.05, 3.63) is 33.1 Å². The third-order valence-electron chi connectivity index (χ3n) is 1.37. The van der Waals surface area contributed by atoms with Gasteiger partial charge in [0, 0.05) is 9.13 Å². The summed E-state index contributed by atoms with van der Waals surface area (Å²) in [5.41, 5.74) is 0.242. The van der Waals surface area contributed by atoms with Gasteiger partial charge in [-0.15, -0.1) is 11.6 Å². The lowest BCUT2D eigenvalue weighted by Gasteiger charge is -2.03. The van der Waals surface area contributed by atoms with E-state index in [-0.39, 0.29) is 5.56 Å². The number of nitriles is 1. The molecule has 1 nitrogen and oxygen atoms in total. The molecular weight excluding hydrogens is 291 g/mol. The highest BCUT2D eigenvalue weighted by Gasteiger charge is 2.13. The molecule has 0 saturated carbocycles. The molecule has 1 aromatic carbocycles. The van der Waals surface area contributed by atoms with Gasteiger partial charge in [-0.1, -0.05) is 12.1 Å². The summed E-state index contributed by atoms with van der Waals surface area (Å²) in [4.78, 5) is 0. The normalized spacial score (nSPS) is 12.2. The Kier molecular flexibility index (Phi) is 3.29. The van der Waals surface area contributed by atoms with Crippen LogP contribution in [-0.4, -0.2) is 0 Å². The van der Waals surface area contributed by atoms with E-state index in [0.29, 0.717) is 3.57 Å². The molecule has 1 aromatic rings. The van der Waals surface area contributed by atoms with Crippen LogP contribution in [0.25, 0.3) is 0 Å². The van der Waals surface area contributed by atoms with Gasteiger partial charge in [-0.25, -0.2) is 4.39 Å². The van der Waals surface area contributed by atoms with Gasteiger partial charge < -0.3 is 0 Å². The second kappa shape index (κ2) is 4.06. The molecular formula is C8H4ClFIN. The summed E-state index contributed by atoms with van der Waals surface area (Å²) >= 11 is 7.42. The van der Waals surface area contributed by atoms with Gasteiger partial charge in [0.2, 0.25) is 0 Å². The highest BCUT2D eigenvalue weighted by Crippen LogP contribution is 2.24. The van der Waals surface area contributed by atoms with E-state index in [4.69, 9.17) is 16.9 Å². The Morgan fingerprint density at radius 3 is 2.83 bits per heavy atom. The SMILES string of the molecule is N#CC(Cl)c1cccc(I)c1F. The molecule has 0 fully saturated rings. The van der Waals surface area contributed by atoms with Crippen molar-refractivity contribution in [2.24, 2.45) is 0 Å². The summed E-state index contributed by atoms with van der Waals surface area (Å²) in [6.45, 7) is 0. The van der Waals surface area contributed by atoms with Gasteiger partial charge in [0.25, 0.3) is 0 Å². The van der Waals surface area contributed by atoms with Crippen LogP contribution in [0.5, 0.6) is 0 Å². The molecule has 0 N–H and O–H groups in total. The Balaban J connectivity index is 3.18. The molecule has 0 radical (unpaired) electrons. The minimum atomic E-state index is -0.903. The van der Waals surface area contributed by atoms with Crippen molar-refractivity contribution in [2.75, 3.05) is 0 Å². The molecule has 1 unspecified atom stereocenters. The first-order chi connectivity index (χ1) is 5.66. The average Bonchev–Trinajstić information content (AvgIpc) is 2.08. The number of hydrogen-bond donors (Lipinski definition) is 0. The molecule has 0 aliphatic heterocycles. The molecule has 4 heteroatoms. The van der Waals surface area contributed by atoms with E-state index in [2.05, 4.69) is 0 Å². The molecule has 1 atom stereocenters. The average molecular weight is 295 g/mol. The summed E-state index contributed by atoms with van der Waals surface area (Å²) in [5.74, 6) is -0.403. The predicted molar refractivity (Wildman–Crippen MR) is 53.3 cm³/mol. The van der Waals surface area contributed by atoms with Gasteiger partial charge in [-0.05, 0) is 28.7 Å². The second-order valence-electron chi connectivity index (χ2n) is 2.13. The first-order valence-electron chi connectivity index (χ1n) is 3.14. The van der Waals surface area contributed by atoms with Crippen LogP contribution in [0.4, 0.5) is 4.39 Å². The fourth-order valence-electron chi connectivity index (χ4n) is 0.786. The number of hydrogen-bond acceptors (Lipinski definition) is 1. The zero-order chi connectivity index (χ0) is 9.14. The number of rotatable bonds is 1. The molecule has 0 amide bonds. The van der Waals surface area contributed by atoms with Crippen LogP contribution in [0.1, 0.15) is 10.9 Å². The van der Waals surface area contributed by atoms with Crippen LogP contribution < -0.4 is 0 Å². The lowest BCUT2D eigenvalue weighted by molar-refractivity contribution is 0.606.